The number of fused-ring (bicyclic) bond motifs is 1. The fourth-order valence-corrected chi connectivity index (χ4v) is 1.89. The van der Waals surface area contributed by atoms with Gasteiger partial charge in [0.05, 0.1) is 6.61 Å². The molecule has 0 spiro atoms. The second kappa shape index (κ2) is 5.94. The average molecular weight is 294 g/mol. The van der Waals surface area contributed by atoms with Gasteiger partial charge >= 0.3 is 11.9 Å². The molecule has 0 bridgehead atoms. The van der Waals surface area contributed by atoms with Crippen LogP contribution in [-0.2, 0) is 9.53 Å². The van der Waals surface area contributed by atoms with E-state index < -0.39 is 24.1 Å². The van der Waals surface area contributed by atoms with Crippen LogP contribution in [-0.4, -0.2) is 40.0 Å². The van der Waals surface area contributed by atoms with Crippen LogP contribution in [0.1, 0.15) is 29.1 Å². The maximum atomic E-state index is 11.4. The Morgan fingerprint density at radius 2 is 2.00 bits per heavy atom. The summed E-state index contributed by atoms with van der Waals surface area (Å²) in [6.45, 7) is 1.67. The van der Waals surface area contributed by atoms with E-state index in [0.29, 0.717) is 11.0 Å². The van der Waals surface area contributed by atoms with E-state index in [1.165, 1.54) is 24.3 Å². The van der Waals surface area contributed by atoms with Gasteiger partial charge in [-0.3, -0.25) is 0 Å². The number of benzene rings is 1. The van der Waals surface area contributed by atoms with Crippen molar-refractivity contribution in [1.82, 2.24) is 0 Å². The van der Waals surface area contributed by atoms with Crippen molar-refractivity contribution in [3.63, 3.8) is 0 Å². The number of aliphatic hydroxyl groups excluding tert-OH is 2. The summed E-state index contributed by atoms with van der Waals surface area (Å²) in [5.41, 5.74) is 0.578. The molecular formula is C14H14O7. The standard InChI is InChI=1S/C14H14O7/c1-2-20-14(19)12(16)11(15)7-3-4-9-8(5-7)6-10(21-9)13(17)18/h3-6,11-12,15-16H,2H2,1H3,(H,17,18). The molecule has 0 amide bonds. The fraction of sp³-hybridized carbons (Fsp3) is 0.286. The quantitative estimate of drug-likeness (QED) is 0.706. The highest BCUT2D eigenvalue weighted by atomic mass is 16.5. The minimum Gasteiger partial charge on any atom is -0.475 e. The number of carbonyl (C=O) groups is 2. The monoisotopic (exact) mass is 294 g/mol. The number of aromatic carboxylic acids is 1. The molecule has 2 atom stereocenters. The van der Waals surface area contributed by atoms with E-state index in [9.17, 15) is 19.8 Å². The van der Waals surface area contributed by atoms with Gasteiger partial charge in [0.25, 0.3) is 0 Å². The lowest BCUT2D eigenvalue weighted by molar-refractivity contribution is -0.159. The number of hydrogen-bond donors (Lipinski definition) is 3. The van der Waals surface area contributed by atoms with Gasteiger partial charge in [0.15, 0.2) is 6.10 Å². The lowest BCUT2D eigenvalue weighted by Crippen LogP contribution is -2.29. The van der Waals surface area contributed by atoms with Crippen molar-refractivity contribution >= 4 is 22.9 Å². The van der Waals surface area contributed by atoms with Crippen molar-refractivity contribution in [3.8, 4) is 0 Å². The first-order valence-electron chi connectivity index (χ1n) is 6.23. The third-order valence-electron chi connectivity index (χ3n) is 2.92. The van der Waals surface area contributed by atoms with Crippen molar-refractivity contribution in [2.24, 2.45) is 0 Å². The minimum atomic E-state index is -1.71. The maximum Gasteiger partial charge on any atom is 0.371 e. The molecule has 1 heterocycles. The van der Waals surface area contributed by atoms with Crippen molar-refractivity contribution < 1.29 is 34.1 Å². The molecule has 21 heavy (non-hydrogen) atoms. The molecule has 1 aromatic carbocycles. The molecule has 2 unspecified atom stereocenters. The molecule has 0 fully saturated rings. The number of carboxylic acids is 1. The molecule has 7 heteroatoms. The van der Waals surface area contributed by atoms with E-state index in [1.807, 2.05) is 0 Å². The van der Waals surface area contributed by atoms with E-state index in [-0.39, 0.29) is 17.9 Å². The SMILES string of the molecule is CCOC(=O)C(O)C(O)c1ccc2oc(C(=O)O)cc2c1. The number of carbonyl (C=O) groups excluding carboxylic acids is 1. The third-order valence-corrected chi connectivity index (χ3v) is 2.92. The predicted octanol–water partition coefficient (Wildman–Crippen LogP) is 1.09. The van der Waals surface area contributed by atoms with Gasteiger partial charge in [-0.25, -0.2) is 9.59 Å². The molecule has 7 nitrogen and oxygen atoms in total. The van der Waals surface area contributed by atoms with Crippen LogP contribution in [0.5, 0.6) is 0 Å². The molecule has 0 aliphatic rings. The lowest BCUT2D eigenvalue weighted by Gasteiger charge is -2.16. The van der Waals surface area contributed by atoms with Crippen molar-refractivity contribution in [1.29, 1.82) is 0 Å². The second-order valence-corrected chi connectivity index (χ2v) is 4.35. The Morgan fingerprint density at radius 3 is 2.62 bits per heavy atom. The molecule has 0 aliphatic heterocycles. The van der Waals surface area contributed by atoms with Crippen molar-refractivity contribution in [2.45, 2.75) is 19.1 Å². The van der Waals surface area contributed by atoms with Gasteiger partial charge in [0.1, 0.15) is 11.7 Å². The summed E-state index contributed by atoms with van der Waals surface area (Å²) in [7, 11) is 0. The van der Waals surface area contributed by atoms with E-state index in [0.717, 1.165) is 0 Å². The number of rotatable bonds is 5. The van der Waals surface area contributed by atoms with Crippen LogP contribution in [0.25, 0.3) is 11.0 Å². The number of carboxylic acid groups (broad SMARTS) is 1. The molecule has 0 aliphatic carbocycles. The van der Waals surface area contributed by atoms with E-state index >= 15 is 0 Å². The Balaban J connectivity index is 2.29. The van der Waals surface area contributed by atoms with Gasteiger partial charge in [-0.05, 0) is 30.7 Å². The first-order valence-corrected chi connectivity index (χ1v) is 6.23. The first kappa shape index (κ1) is 15.0. The van der Waals surface area contributed by atoms with Gasteiger partial charge < -0.3 is 24.5 Å². The second-order valence-electron chi connectivity index (χ2n) is 4.35. The summed E-state index contributed by atoms with van der Waals surface area (Å²) in [6.07, 6.45) is -3.19. The molecule has 2 aromatic rings. The van der Waals surface area contributed by atoms with Crippen LogP contribution >= 0.6 is 0 Å². The van der Waals surface area contributed by atoms with Crippen molar-refractivity contribution in [3.05, 3.63) is 35.6 Å². The molecule has 2 rings (SSSR count). The molecule has 0 saturated carbocycles. The summed E-state index contributed by atoms with van der Waals surface area (Å²) in [6, 6.07) is 5.63. The zero-order valence-electron chi connectivity index (χ0n) is 11.1. The van der Waals surface area contributed by atoms with Crippen LogP contribution in [0.4, 0.5) is 0 Å². The summed E-state index contributed by atoms with van der Waals surface area (Å²) < 4.78 is 9.70. The first-order chi connectivity index (χ1) is 9.93. The summed E-state index contributed by atoms with van der Waals surface area (Å²) in [5, 5.41) is 28.9. The summed E-state index contributed by atoms with van der Waals surface area (Å²) in [4.78, 5) is 22.2. The average Bonchev–Trinajstić information content (AvgIpc) is 2.89. The van der Waals surface area contributed by atoms with Crippen LogP contribution in [0, 0.1) is 0 Å². The Bertz CT molecular complexity index is 673. The van der Waals surface area contributed by atoms with Gasteiger partial charge in [-0.2, -0.15) is 0 Å². The summed E-state index contributed by atoms with van der Waals surface area (Å²) in [5.74, 6) is -2.37. The number of furan rings is 1. The molecule has 0 saturated heterocycles. The van der Waals surface area contributed by atoms with Crippen molar-refractivity contribution in [2.75, 3.05) is 6.61 Å². The zero-order chi connectivity index (χ0) is 15.6. The highest BCUT2D eigenvalue weighted by molar-refractivity contribution is 5.91. The maximum absolute atomic E-state index is 11.4. The predicted molar refractivity (Wildman–Crippen MR) is 70.8 cm³/mol. The third kappa shape index (κ3) is 3.04. The fourth-order valence-electron chi connectivity index (χ4n) is 1.89. The molecule has 0 radical (unpaired) electrons. The van der Waals surface area contributed by atoms with E-state index in [1.54, 1.807) is 6.92 Å². The Morgan fingerprint density at radius 1 is 1.29 bits per heavy atom. The Labute approximate surface area is 119 Å². The molecule has 3 N–H and O–H groups in total. The smallest absolute Gasteiger partial charge is 0.371 e. The Kier molecular flexibility index (Phi) is 4.25. The minimum absolute atomic E-state index is 0.0886. The highest BCUT2D eigenvalue weighted by Crippen LogP contribution is 2.25. The molecule has 112 valence electrons. The molecular weight excluding hydrogens is 280 g/mol. The highest BCUT2D eigenvalue weighted by Gasteiger charge is 2.27. The van der Waals surface area contributed by atoms with Crippen LogP contribution in [0.15, 0.2) is 28.7 Å². The zero-order valence-corrected chi connectivity index (χ0v) is 11.1. The number of esters is 1. The van der Waals surface area contributed by atoms with Gasteiger partial charge in [-0.1, -0.05) is 6.07 Å². The van der Waals surface area contributed by atoms with Gasteiger partial charge in [0.2, 0.25) is 5.76 Å². The van der Waals surface area contributed by atoms with Crippen LogP contribution in [0.2, 0.25) is 0 Å². The molecule has 1 aromatic heterocycles. The number of aliphatic hydroxyl groups is 2. The Hall–Kier alpha value is -2.38. The van der Waals surface area contributed by atoms with E-state index in [4.69, 9.17) is 9.52 Å². The van der Waals surface area contributed by atoms with Gasteiger partial charge in [0, 0.05) is 5.39 Å². The lowest BCUT2D eigenvalue weighted by atomic mass is 10.0. The van der Waals surface area contributed by atoms with Crippen LogP contribution in [0.3, 0.4) is 0 Å². The summed E-state index contributed by atoms with van der Waals surface area (Å²) >= 11 is 0. The number of ether oxygens (including phenoxy) is 1. The largest absolute Gasteiger partial charge is 0.475 e. The van der Waals surface area contributed by atoms with Gasteiger partial charge in [-0.15, -0.1) is 0 Å². The van der Waals surface area contributed by atoms with E-state index in [2.05, 4.69) is 4.74 Å². The normalized spacial score (nSPS) is 13.9. The van der Waals surface area contributed by atoms with Crippen LogP contribution < -0.4 is 0 Å². The topological polar surface area (TPSA) is 117 Å². The number of hydrogen-bond acceptors (Lipinski definition) is 6.